The summed E-state index contributed by atoms with van der Waals surface area (Å²) in [6.45, 7) is 0.587. The van der Waals surface area contributed by atoms with Gasteiger partial charge in [-0.3, -0.25) is 15.4 Å². The molecule has 0 saturated carbocycles. The first-order chi connectivity index (χ1) is 13.4. The highest BCUT2D eigenvalue weighted by atomic mass is 15.7. The van der Waals surface area contributed by atoms with Crippen LogP contribution in [0.3, 0.4) is 0 Å². The Labute approximate surface area is 155 Å². The van der Waals surface area contributed by atoms with E-state index in [1.54, 1.807) is 0 Å². The smallest absolute Gasteiger partial charge is 0.130 e. The molecule has 2 atom stereocenters. The topological polar surface area (TPSA) is 103 Å². The molecular weight excluding hydrogens is 340 g/mol. The van der Waals surface area contributed by atoms with Crippen molar-refractivity contribution in [2.75, 3.05) is 6.67 Å². The van der Waals surface area contributed by atoms with Gasteiger partial charge < -0.3 is 26.4 Å². The number of nitrogens with zero attached hydrogens (tertiary/aromatic N) is 6. The van der Waals surface area contributed by atoms with Crippen LogP contribution in [0.1, 0.15) is 0 Å². The lowest BCUT2D eigenvalue weighted by Crippen LogP contribution is -2.31. The van der Waals surface area contributed by atoms with Crippen molar-refractivity contribution in [2.24, 2.45) is 9.98 Å². The van der Waals surface area contributed by atoms with Crippen molar-refractivity contribution in [1.29, 1.82) is 0 Å². The Morgan fingerprint density at radius 3 is 2.59 bits per heavy atom. The molecule has 27 heavy (non-hydrogen) atoms. The molecule has 1 aliphatic carbocycles. The van der Waals surface area contributed by atoms with E-state index in [1.807, 2.05) is 30.4 Å². The highest BCUT2D eigenvalue weighted by Crippen LogP contribution is 2.14. The van der Waals surface area contributed by atoms with Gasteiger partial charge in [-0.05, 0) is 11.5 Å². The molecule has 0 bridgehead atoms. The summed E-state index contributed by atoms with van der Waals surface area (Å²) >= 11 is 0. The Morgan fingerprint density at radius 2 is 1.78 bits per heavy atom. The van der Waals surface area contributed by atoms with Crippen molar-refractivity contribution in [1.82, 2.24) is 26.4 Å². The second kappa shape index (κ2) is 8.45. The van der Waals surface area contributed by atoms with Gasteiger partial charge in [-0.25, -0.2) is 0 Å². The highest BCUT2D eigenvalue weighted by Gasteiger charge is 2.12. The van der Waals surface area contributed by atoms with Gasteiger partial charge in [0.2, 0.25) is 0 Å². The Morgan fingerprint density at radius 1 is 0.926 bits per heavy atom. The van der Waals surface area contributed by atoms with Crippen LogP contribution < -0.4 is 26.9 Å². The highest BCUT2D eigenvalue weighted by molar-refractivity contribution is 5.81. The molecule has 3 aromatic rings. The second-order valence-corrected chi connectivity index (χ2v) is 5.90. The normalized spacial score (nSPS) is 21.0. The minimum Gasteiger partial charge on any atom is -0.575 e. The fourth-order valence-corrected chi connectivity index (χ4v) is 2.91. The molecular formula is C19H18N8-2. The zero-order valence-electron chi connectivity index (χ0n) is 14.5. The number of hydrazine groups is 1. The molecule has 1 saturated heterocycles. The number of benzene rings is 2. The van der Waals surface area contributed by atoms with E-state index in [0.717, 1.165) is 10.7 Å². The molecule has 2 aliphatic heterocycles. The zero-order valence-corrected chi connectivity index (χ0v) is 14.5. The zero-order chi connectivity index (χ0) is 18.3. The molecule has 2 N–H and O–H groups in total. The molecule has 136 valence electrons. The van der Waals surface area contributed by atoms with Crippen LogP contribution in [0.5, 0.6) is 0 Å². The number of fused-ring (bicyclic) bond motifs is 4. The quantitative estimate of drug-likeness (QED) is 0.617. The molecule has 2 aromatic carbocycles. The van der Waals surface area contributed by atoms with Gasteiger partial charge in [0.1, 0.15) is 6.67 Å². The molecule has 0 spiro atoms. The largest absolute Gasteiger partial charge is 0.575 e. The lowest BCUT2D eigenvalue weighted by Gasteiger charge is -2.21. The van der Waals surface area contributed by atoms with Crippen LogP contribution in [0, 0.1) is 0 Å². The lowest BCUT2D eigenvalue weighted by atomic mass is 10.1. The summed E-state index contributed by atoms with van der Waals surface area (Å²) in [6.07, 6.45) is 11.3. The molecule has 8 nitrogen and oxygen atoms in total. The van der Waals surface area contributed by atoms with Gasteiger partial charge in [0.25, 0.3) is 0 Å². The molecule has 0 amide bonds. The summed E-state index contributed by atoms with van der Waals surface area (Å²) in [5.41, 5.74) is 9.80. The molecule has 1 aromatic heterocycles. The fourth-order valence-electron chi connectivity index (χ4n) is 2.91. The van der Waals surface area contributed by atoms with Crippen molar-refractivity contribution in [3.63, 3.8) is 0 Å². The van der Waals surface area contributed by atoms with Gasteiger partial charge in [-0.1, -0.05) is 60.7 Å². The van der Waals surface area contributed by atoms with Crippen LogP contribution in [-0.4, -0.2) is 28.9 Å². The molecule has 1 fully saturated rings. The van der Waals surface area contributed by atoms with E-state index < -0.39 is 0 Å². The van der Waals surface area contributed by atoms with Crippen LogP contribution in [0.4, 0.5) is 0 Å². The number of nitrogens with one attached hydrogen (secondary N) is 2. The molecule has 3 aliphatic rings. The third-order valence-corrected chi connectivity index (χ3v) is 4.20. The lowest BCUT2D eigenvalue weighted by molar-refractivity contribution is 0.631. The van der Waals surface area contributed by atoms with Crippen LogP contribution in [0.15, 0.2) is 83.1 Å². The predicted octanol–water partition coefficient (Wildman–Crippen LogP) is 0.730. The minimum atomic E-state index is 0.301. The average molecular weight is 358 g/mol. The molecule has 3 heterocycles. The van der Waals surface area contributed by atoms with E-state index in [2.05, 4.69) is 72.1 Å². The molecule has 8 heteroatoms. The van der Waals surface area contributed by atoms with Crippen molar-refractivity contribution < 1.29 is 0 Å². The second-order valence-electron chi connectivity index (χ2n) is 5.90. The van der Waals surface area contributed by atoms with Gasteiger partial charge in [-0.15, -0.1) is 0 Å². The van der Waals surface area contributed by atoms with Gasteiger partial charge in [-0.2, -0.15) is 0 Å². The summed E-state index contributed by atoms with van der Waals surface area (Å²) in [5, 5.41) is 14.5. The maximum Gasteiger partial charge on any atom is 0.130 e. The molecule has 0 radical (unpaired) electrons. The minimum absolute atomic E-state index is 0.301. The average Bonchev–Trinajstić information content (AvgIpc) is 3.51. The van der Waals surface area contributed by atoms with Gasteiger partial charge in [0.15, 0.2) is 0 Å². The SMILES string of the molecule is C1=CC2[N-]NNC2C=C1.c1ccc2c3c(ccc2c1)=NCN=3.c1cn[n-]n1. The van der Waals surface area contributed by atoms with Crippen LogP contribution >= 0.6 is 0 Å². The van der Waals surface area contributed by atoms with Crippen molar-refractivity contribution >= 4 is 10.8 Å². The standard InChI is InChI=1S/C11H8N2.C6H8N3.C2H2N3/c1-2-4-9-8(3-1)5-6-10-11(9)13-7-12-10;1-2-4-6-5(3-1)7-9-8-6;1-2-4-5-3-1/h1-6H,7H2;1-7,9H;1-2H/q;2*-1. The van der Waals surface area contributed by atoms with Crippen molar-refractivity contribution in [3.8, 4) is 0 Å². The van der Waals surface area contributed by atoms with E-state index in [0.29, 0.717) is 18.8 Å². The van der Waals surface area contributed by atoms with Crippen LogP contribution in [0.2, 0.25) is 0 Å². The number of allylic oxidation sites excluding steroid dienone is 2. The first-order valence-electron chi connectivity index (χ1n) is 8.59. The van der Waals surface area contributed by atoms with Crippen molar-refractivity contribution in [2.45, 2.75) is 12.1 Å². The summed E-state index contributed by atoms with van der Waals surface area (Å²) in [4.78, 5) is 8.64. The number of hydrogen-bond acceptors (Lipinski definition) is 6. The summed E-state index contributed by atoms with van der Waals surface area (Å²) < 4.78 is 0. The summed E-state index contributed by atoms with van der Waals surface area (Å²) in [6, 6.07) is 13.1. The summed E-state index contributed by atoms with van der Waals surface area (Å²) in [5.74, 6) is 0. The Hall–Kier alpha value is -3.20. The Bertz CT molecular complexity index is 1020. The maximum absolute atomic E-state index is 4.36. The number of rotatable bonds is 0. The first-order valence-corrected chi connectivity index (χ1v) is 8.59. The third kappa shape index (κ3) is 4.14. The van der Waals surface area contributed by atoms with E-state index in [9.17, 15) is 0 Å². The van der Waals surface area contributed by atoms with E-state index in [4.69, 9.17) is 0 Å². The first kappa shape index (κ1) is 17.2. The number of aromatic nitrogens is 3. The molecule has 2 unspecified atom stereocenters. The van der Waals surface area contributed by atoms with E-state index >= 15 is 0 Å². The maximum atomic E-state index is 4.36. The van der Waals surface area contributed by atoms with Crippen molar-refractivity contribution in [3.05, 3.63) is 89.2 Å². The van der Waals surface area contributed by atoms with E-state index in [-0.39, 0.29) is 0 Å². The van der Waals surface area contributed by atoms with Gasteiger partial charge in [0.05, 0.1) is 10.7 Å². The third-order valence-electron chi connectivity index (χ3n) is 4.20. The van der Waals surface area contributed by atoms with Crippen LogP contribution in [-0.2, 0) is 0 Å². The number of hydrogen-bond donors (Lipinski definition) is 2. The van der Waals surface area contributed by atoms with E-state index in [1.165, 1.54) is 23.2 Å². The monoisotopic (exact) mass is 358 g/mol. The summed E-state index contributed by atoms with van der Waals surface area (Å²) in [7, 11) is 0. The fraction of sp³-hybridized carbons (Fsp3) is 0.158. The predicted molar refractivity (Wildman–Crippen MR) is 102 cm³/mol. The molecule has 6 rings (SSSR count). The van der Waals surface area contributed by atoms with Gasteiger partial charge in [0, 0.05) is 23.8 Å². The Kier molecular flexibility index (Phi) is 5.39. The van der Waals surface area contributed by atoms with Gasteiger partial charge >= 0.3 is 0 Å². The Balaban J connectivity index is 0.000000111. The van der Waals surface area contributed by atoms with Crippen LogP contribution in [0.25, 0.3) is 16.2 Å².